The Balaban J connectivity index is 2.38. The number of rotatable bonds is 9. The molecular weight excluding hydrogens is 344 g/mol. The predicted molar refractivity (Wildman–Crippen MR) is 106 cm³/mol. The quantitative estimate of drug-likeness (QED) is 0.397. The van der Waals surface area contributed by atoms with Crippen LogP contribution in [-0.4, -0.2) is 33.8 Å². The van der Waals surface area contributed by atoms with Gasteiger partial charge in [-0.1, -0.05) is 31.0 Å². The van der Waals surface area contributed by atoms with Gasteiger partial charge in [-0.05, 0) is 64.1 Å². The number of aryl methyl sites for hydroxylation is 1. The Morgan fingerprint density at radius 1 is 1.15 bits per heavy atom. The van der Waals surface area contributed by atoms with Gasteiger partial charge in [0.2, 0.25) is 6.04 Å². The molecule has 0 fully saturated rings. The van der Waals surface area contributed by atoms with Crippen molar-refractivity contribution < 1.29 is 19.4 Å². The number of benzene rings is 1. The SMILES string of the molecule is CC(C)(C)OC(=O)C(C(=O)O)n1c(CCCCCCN)cc2ccccc21. The molecule has 6 heteroatoms. The van der Waals surface area contributed by atoms with E-state index in [-0.39, 0.29) is 0 Å². The van der Waals surface area contributed by atoms with Crippen molar-refractivity contribution >= 4 is 22.8 Å². The van der Waals surface area contributed by atoms with Crippen molar-refractivity contribution in [1.82, 2.24) is 4.57 Å². The second kappa shape index (κ2) is 9.04. The largest absolute Gasteiger partial charge is 0.479 e. The fourth-order valence-corrected chi connectivity index (χ4v) is 3.21. The molecule has 0 bridgehead atoms. The van der Waals surface area contributed by atoms with Gasteiger partial charge in [0, 0.05) is 11.2 Å². The third-order valence-electron chi connectivity index (χ3n) is 4.34. The van der Waals surface area contributed by atoms with E-state index in [2.05, 4.69) is 0 Å². The molecule has 2 rings (SSSR count). The van der Waals surface area contributed by atoms with Gasteiger partial charge < -0.3 is 20.1 Å². The smallest absolute Gasteiger partial charge is 0.341 e. The normalized spacial score (nSPS) is 12.9. The summed E-state index contributed by atoms with van der Waals surface area (Å²) in [7, 11) is 0. The van der Waals surface area contributed by atoms with Crippen LogP contribution in [0.15, 0.2) is 30.3 Å². The highest BCUT2D eigenvalue weighted by Crippen LogP contribution is 2.28. The van der Waals surface area contributed by atoms with Crippen LogP contribution >= 0.6 is 0 Å². The molecule has 0 spiro atoms. The van der Waals surface area contributed by atoms with E-state index < -0.39 is 23.6 Å². The number of hydrogen-bond donors (Lipinski definition) is 2. The van der Waals surface area contributed by atoms with Crippen LogP contribution in [0.5, 0.6) is 0 Å². The van der Waals surface area contributed by atoms with E-state index in [9.17, 15) is 14.7 Å². The van der Waals surface area contributed by atoms with Crippen molar-refractivity contribution in [3.05, 3.63) is 36.0 Å². The second-order valence-corrected chi connectivity index (χ2v) is 7.79. The fraction of sp³-hybridized carbons (Fsp3) is 0.524. The van der Waals surface area contributed by atoms with Crippen molar-refractivity contribution in [2.24, 2.45) is 5.73 Å². The van der Waals surface area contributed by atoms with Crippen LogP contribution < -0.4 is 5.73 Å². The first kappa shape index (κ1) is 21.0. The summed E-state index contributed by atoms with van der Waals surface area (Å²) < 4.78 is 7.01. The lowest BCUT2D eigenvalue weighted by molar-refractivity contribution is -0.165. The van der Waals surface area contributed by atoms with Gasteiger partial charge in [-0.15, -0.1) is 0 Å². The van der Waals surface area contributed by atoms with Crippen LogP contribution in [0.3, 0.4) is 0 Å². The van der Waals surface area contributed by atoms with Crippen LogP contribution in [0.25, 0.3) is 10.9 Å². The highest BCUT2D eigenvalue weighted by Gasteiger charge is 2.35. The molecule has 148 valence electrons. The summed E-state index contributed by atoms with van der Waals surface area (Å²) in [4.78, 5) is 24.7. The fourth-order valence-electron chi connectivity index (χ4n) is 3.21. The average molecular weight is 374 g/mol. The lowest BCUT2D eigenvalue weighted by atomic mass is 10.1. The lowest BCUT2D eigenvalue weighted by Crippen LogP contribution is -2.35. The molecule has 0 radical (unpaired) electrons. The van der Waals surface area contributed by atoms with Crippen LogP contribution in [0.4, 0.5) is 0 Å². The van der Waals surface area contributed by atoms with Crippen LogP contribution in [0.2, 0.25) is 0 Å². The summed E-state index contributed by atoms with van der Waals surface area (Å²) in [5.41, 5.74) is 6.34. The Morgan fingerprint density at radius 2 is 1.81 bits per heavy atom. The second-order valence-electron chi connectivity index (χ2n) is 7.79. The molecule has 1 atom stereocenters. The van der Waals surface area contributed by atoms with E-state index in [1.165, 1.54) is 0 Å². The number of aromatic nitrogens is 1. The Bertz CT molecular complexity index is 789. The van der Waals surface area contributed by atoms with Crippen molar-refractivity contribution in [2.75, 3.05) is 6.54 Å². The Kier molecular flexibility index (Phi) is 7.02. The highest BCUT2D eigenvalue weighted by atomic mass is 16.6. The van der Waals surface area contributed by atoms with Gasteiger partial charge in [-0.2, -0.15) is 0 Å². The molecule has 0 amide bonds. The van der Waals surface area contributed by atoms with E-state index in [0.29, 0.717) is 13.0 Å². The lowest BCUT2D eigenvalue weighted by Gasteiger charge is -2.24. The number of carboxylic acids is 1. The zero-order chi connectivity index (χ0) is 20.0. The van der Waals surface area contributed by atoms with Crippen LogP contribution in [-0.2, 0) is 20.7 Å². The Labute approximate surface area is 160 Å². The molecule has 3 N–H and O–H groups in total. The summed E-state index contributed by atoms with van der Waals surface area (Å²) in [5.74, 6) is -1.96. The topological polar surface area (TPSA) is 94.5 Å². The number of para-hydroxylation sites is 1. The molecule has 0 saturated heterocycles. The number of carbonyl (C=O) groups is 2. The van der Waals surface area contributed by atoms with Gasteiger partial charge >= 0.3 is 11.9 Å². The first-order valence-corrected chi connectivity index (χ1v) is 9.49. The van der Waals surface area contributed by atoms with E-state index in [1.54, 1.807) is 25.3 Å². The highest BCUT2D eigenvalue weighted by molar-refractivity contribution is 5.98. The number of unbranched alkanes of at least 4 members (excludes halogenated alkanes) is 3. The molecular formula is C21H30N2O4. The van der Waals surface area contributed by atoms with Gasteiger partial charge in [-0.3, -0.25) is 0 Å². The molecule has 0 aliphatic carbocycles. The minimum atomic E-state index is -1.40. The molecule has 1 unspecified atom stereocenters. The number of aliphatic carboxylic acids is 1. The van der Waals surface area contributed by atoms with Crippen molar-refractivity contribution in [1.29, 1.82) is 0 Å². The molecule has 6 nitrogen and oxygen atoms in total. The zero-order valence-corrected chi connectivity index (χ0v) is 16.4. The van der Waals surface area contributed by atoms with Gasteiger partial charge in [0.25, 0.3) is 0 Å². The molecule has 1 heterocycles. The van der Waals surface area contributed by atoms with Gasteiger partial charge in [-0.25, -0.2) is 9.59 Å². The predicted octanol–water partition coefficient (Wildman–Crippen LogP) is 3.67. The maximum Gasteiger partial charge on any atom is 0.341 e. The number of hydrogen-bond acceptors (Lipinski definition) is 4. The third-order valence-corrected chi connectivity index (χ3v) is 4.34. The van der Waals surface area contributed by atoms with Gasteiger partial charge in [0.15, 0.2) is 0 Å². The van der Waals surface area contributed by atoms with E-state index in [1.807, 2.05) is 30.3 Å². The van der Waals surface area contributed by atoms with Crippen molar-refractivity contribution in [2.45, 2.75) is 64.5 Å². The molecule has 27 heavy (non-hydrogen) atoms. The number of carboxylic acid groups (broad SMARTS) is 1. The van der Waals surface area contributed by atoms with E-state index in [0.717, 1.165) is 42.3 Å². The standard InChI is InChI=1S/C21H30N2O4/c1-21(2,3)27-20(26)18(19(24)25)23-16(11-6-4-5-9-13-22)14-15-10-7-8-12-17(15)23/h7-8,10,12,14,18H,4-6,9,11,13,22H2,1-3H3,(H,24,25). The minimum absolute atomic E-state index is 0.681. The molecule has 0 aliphatic rings. The van der Waals surface area contributed by atoms with Crippen LogP contribution in [0.1, 0.15) is 58.2 Å². The summed E-state index contributed by atoms with van der Waals surface area (Å²) in [6.07, 6.45) is 4.66. The van der Waals surface area contributed by atoms with Gasteiger partial charge in [0.05, 0.1) is 0 Å². The first-order valence-electron chi connectivity index (χ1n) is 9.49. The number of ether oxygens (including phenoxy) is 1. The first-order chi connectivity index (χ1) is 12.7. The summed E-state index contributed by atoms with van der Waals surface area (Å²) in [6.45, 7) is 5.88. The minimum Gasteiger partial charge on any atom is -0.479 e. The summed E-state index contributed by atoms with van der Waals surface area (Å²) in [5, 5.41) is 10.7. The number of fused-ring (bicyclic) bond motifs is 1. The van der Waals surface area contributed by atoms with Crippen molar-refractivity contribution in [3.8, 4) is 0 Å². The molecule has 0 aliphatic heterocycles. The summed E-state index contributed by atoms with van der Waals surface area (Å²) >= 11 is 0. The third kappa shape index (κ3) is 5.57. The average Bonchev–Trinajstić information content (AvgIpc) is 2.91. The monoisotopic (exact) mass is 374 g/mol. The van der Waals surface area contributed by atoms with Crippen molar-refractivity contribution in [3.63, 3.8) is 0 Å². The molecule has 2 aromatic rings. The van der Waals surface area contributed by atoms with Crippen LogP contribution in [0, 0.1) is 0 Å². The number of nitrogens with zero attached hydrogens (tertiary/aromatic N) is 1. The maximum absolute atomic E-state index is 12.7. The molecule has 0 saturated carbocycles. The number of esters is 1. The Morgan fingerprint density at radius 3 is 2.44 bits per heavy atom. The van der Waals surface area contributed by atoms with E-state index >= 15 is 0 Å². The van der Waals surface area contributed by atoms with E-state index in [4.69, 9.17) is 10.5 Å². The number of carbonyl (C=O) groups excluding carboxylic acids is 1. The zero-order valence-electron chi connectivity index (χ0n) is 16.4. The van der Waals surface area contributed by atoms with Gasteiger partial charge in [0.1, 0.15) is 5.60 Å². The maximum atomic E-state index is 12.7. The molecule has 1 aromatic carbocycles. The Hall–Kier alpha value is -2.34. The molecule has 1 aromatic heterocycles. The number of nitrogens with two attached hydrogens (primary N) is 1. The summed E-state index contributed by atoms with van der Waals surface area (Å²) in [6, 6.07) is 8.09.